The summed E-state index contributed by atoms with van der Waals surface area (Å²) in [5, 5.41) is 2.06. The molecule has 16 heavy (non-hydrogen) atoms. The van der Waals surface area contributed by atoms with Gasteiger partial charge in [-0.25, -0.2) is 0 Å². The first kappa shape index (κ1) is 9.88. The summed E-state index contributed by atoms with van der Waals surface area (Å²) in [5.41, 5.74) is 1.26. The van der Waals surface area contributed by atoms with Crippen LogP contribution < -0.4 is 0 Å². The molecule has 1 aromatic heterocycles. The Morgan fingerprint density at radius 2 is 1.69 bits per heavy atom. The third kappa shape index (κ3) is 1.73. The molecule has 0 atom stereocenters. The highest BCUT2D eigenvalue weighted by Crippen LogP contribution is 2.34. The molecule has 3 rings (SSSR count). The molecule has 0 aliphatic carbocycles. The summed E-state index contributed by atoms with van der Waals surface area (Å²) in [7, 11) is 0. The van der Waals surface area contributed by atoms with E-state index in [1.807, 2.05) is 18.2 Å². The predicted molar refractivity (Wildman–Crippen MR) is 72.3 cm³/mol. The Labute approximate surface area is 103 Å². The summed E-state index contributed by atoms with van der Waals surface area (Å²) in [6, 6.07) is 18.7. The van der Waals surface area contributed by atoms with Gasteiger partial charge in [-0.1, -0.05) is 48.0 Å². The van der Waals surface area contributed by atoms with Gasteiger partial charge in [0.1, 0.15) is 0 Å². The molecule has 0 unspecified atom stereocenters. The Kier molecular flexibility index (Phi) is 2.43. The van der Waals surface area contributed by atoms with Gasteiger partial charge in [-0.05, 0) is 29.1 Å². The molecule has 0 saturated heterocycles. The summed E-state index contributed by atoms with van der Waals surface area (Å²) < 4.78 is 1.24. The zero-order valence-corrected chi connectivity index (χ0v) is 10.1. The fraction of sp³-hybridized carbons (Fsp3) is 0. The molecule has 0 aliphatic heterocycles. The molecule has 3 aromatic rings. The van der Waals surface area contributed by atoms with Gasteiger partial charge in [0.05, 0.1) is 0 Å². The summed E-state index contributed by atoms with van der Waals surface area (Å²) in [6.07, 6.45) is 0. The van der Waals surface area contributed by atoms with Crippen molar-refractivity contribution in [2.45, 2.75) is 0 Å². The standard InChI is InChI=1S/C14H9ClS/c15-12-7-6-11-8-13(16-14(11)9-12)10-4-2-1-3-5-10/h1-9H. The van der Waals surface area contributed by atoms with Crippen molar-refractivity contribution >= 4 is 33.0 Å². The van der Waals surface area contributed by atoms with Gasteiger partial charge >= 0.3 is 0 Å². The molecule has 0 saturated carbocycles. The number of benzene rings is 2. The average Bonchev–Trinajstić information content (AvgIpc) is 2.73. The Morgan fingerprint density at radius 3 is 2.50 bits per heavy atom. The van der Waals surface area contributed by atoms with Crippen molar-refractivity contribution in [2.75, 3.05) is 0 Å². The first-order valence-corrected chi connectivity index (χ1v) is 6.27. The molecule has 0 fully saturated rings. The molecule has 2 aromatic carbocycles. The van der Waals surface area contributed by atoms with E-state index in [4.69, 9.17) is 11.6 Å². The van der Waals surface area contributed by atoms with Crippen LogP contribution in [0.2, 0.25) is 5.02 Å². The van der Waals surface area contributed by atoms with Gasteiger partial charge in [-0.3, -0.25) is 0 Å². The molecular weight excluding hydrogens is 236 g/mol. The minimum atomic E-state index is 0.800. The Bertz CT molecular complexity index is 626. The molecule has 0 amide bonds. The van der Waals surface area contributed by atoms with Crippen molar-refractivity contribution in [1.82, 2.24) is 0 Å². The number of hydrogen-bond donors (Lipinski definition) is 0. The van der Waals surface area contributed by atoms with Crippen LogP contribution in [0, 0.1) is 0 Å². The second kappa shape index (κ2) is 3.93. The van der Waals surface area contributed by atoms with Crippen molar-refractivity contribution in [3.8, 4) is 10.4 Å². The van der Waals surface area contributed by atoms with E-state index in [0.29, 0.717) is 0 Å². The lowest BCUT2D eigenvalue weighted by Crippen LogP contribution is -1.67. The molecule has 0 spiro atoms. The fourth-order valence-corrected chi connectivity index (χ4v) is 3.09. The first-order chi connectivity index (χ1) is 7.83. The molecule has 2 heteroatoms. The SMILES string of the molecule is Clc1ccc2cc(-c3ccccc3)sc2c1. The highest BCUT2D eigenvalue weighted by molar-refractivity contribution is 7.22. The topological polar surface area (TPSA) is 0 Å². The van der Waals surface area contributed by atoms with E-state index in [-0.39, 0.29) is 0 Å². The first-order valence-electron chi connectivity index (χ1n) is 5.07. The van der Waals surface area contributed by atoms with Gasteiger partial charge in [0.25, 0.3) is 0 Å². The molecule has 1 heterocycles. The van der Waals surface area contributed by atoms with Crippen molar-refractivity contribution in [1.29, 1.82) is 0 Å². The Hall–Kier alpha value is -1.31. The van der Waals surface area contributed by atoms with Gasteiger partial charge in [0.2, 0.25) is 0 Å². The van der Waals surface area contributed by atoms with Crippen LogP contribution in [0.4, 0.5) is 0 Å². The fourth-order valence-electron chi connectivity index (χ4n) is 1.75. The Morgan fingerprint density at radius 1 is 0.875 bits per heavy atom. The van der Waals surface area contributed by atoms with E-state index in [1.165, 1.54) is 20.5 Å². The van der Waals surface area contributed by atoms with Gasteiger partial charge in [-0.15, -0.1) is 11.3 Å². The summed E-state index contributed by atoms with van der Waals surface area (Å²) in [5.74, 6) is 0. The van der Waals surface area contributed by atoms with E-state index < -0.39 is 0 Å². The second-order valence-electron chi connectivity index (χ2n) is 3.66. The molecule has 78 valence electrons. The smallest absolute Gasteiger partial charge is 0.0420 e. The van der Waals surface area contributed by atoms with E-state index in [1.54, 1.807) is 11.3 Å². The highest BCUT2D eigenvalue weighted by atomic mass is 35.5. The van der Waals surface area contributed by atoms with Crippen molar-refractivity contribution < 1.29 is 0 Å². The second-order valence-corrected chi connectivity index (χ2v) is 5.18. The highest BCUT2D eigenvalue weighted by Gasteiger charge is 2.03. The minimum Gasteiger partial charge on any atom is -0.135 e. The molecule has 0 radical (unpaired) electrons. The van der Waals surface area contributed by atoms with Gasteiger partial charge in [-0.2, -0.15) is 0 Å². The molecule has 0 N–H and O–H groups in total. The van der Waals surface area contributed by atoms with Crippen LogP contribution in [-0.2, 0) is 0 Å². The summed E-state index contributed by atoms with van der Waals surface area (Å²) in [4.78, 5) is 1.29. The lowest BCUT2D eigenvalue weighted by atomic mass is 10.1. The summed E-state index contributed by atoms with van der Waals surface area (Å²) >= 11 is 7.76. The number of thiophene rings is 1. The zero-order valence-electron chi connectivity index (χ0n) is 8.48. The van der Waals surface area contributed by atoms with Crippen molar-refractivity contribution in [2.24, 2.45) is 0 Å². The van der Waals surface area contributed by atoms with Crippen LogP contribution in [0.15, 0.2) is 54.6 Å². The van der Waals surface area contributed by atoms with Crippen LogP contribution in [0.3, 0.4) is 0 Å². The maximum Gasteiger partial charge on any atom is 0.0420 e. The van der Waals surface area contributed by atoms with Crippen LogP contribution in [0.25, 0.3) is 20.5 Å². The number of hydrogen-bond acceptors (Lipinski definition) is 1. The molecule has 0 bridgehead atoms. The zero-order chi connectivity index (χ0) is 11.0. The lowest BCUT2D eigenvalue weighted by Gasteiger charge is -1.93. The van der Waals surface area contributed by atoms with E-state index in [2.05, 4.69) is 36.4 Å². The monoisotopic (exact) mass is 244 g/mol. The third-order valence-electron chi connectivity index (χ3n) is 2.54. The number of rotatable bonds is 1. The van der Waals surface area contributed by atoms with Crippen LogP contribution in [-0.4, -0.2) is 0 Å². The van der Waals surface area contributed by atoms with Crippen LogP contribution >= 0.6 is 22.9 Å². The quantitative estimate of drug-likeness (QED) is 0.550. The van der Waals surface area contributed by atoms with Crippen molar-refractivity contribution in [3.05, 3.63) is 59.6 Å². The summed E-state index contributed by atoms with van der Waals surface area (Å²) in [6.45, 7) is 0. The number of halogens is 1. The van der Waals surface area contributed by atoms with E-state index in [9.17, 15) is 0 Å². The van der Waals surface area contributed by atoms with Gasteiger partial charge in [0, 0.05) is 14.6 Å². The van der Waals surface area contributed by atoms with E-state index >= 15 is 0 Å². The van der Waals surface area contributed by atoms with Gasteiger partial charge in [0.15, 0.2) is 0 Å². The van der Waals surface area contributed by atoms with Crippen LogP contribution in [0.1, 0.15) is 0 Å². The van der Waals surface area contributed by atoms with E-state index in [0.717, 1.165) is 5.02 Å². The number of fused-ring (bicyclic) bond motifs is 1. The average molecular weight is 245 g/mol. The van der Waals surface area contributed by atoms with Gasteiger partial charge < -0.3 is 0 Å². The molecule has 0 aliphatic rings. The maximum absolute atomic E-state index is 5.98. The lowest BCUT2D eigenvalue weighted by molar-refractivity contribution is 1.70. The molecule has 0 nitrogen and oxygen atoms in total. The largest absolute Gasteiger partial charge is 0.135 e. The maximum atomic E-state index is 5.98. The Balaban J connectivity index is 2.19. The predicted octanol–water partition coefficient (Wildman–Crippen LogP) is 5.22. The third-order valence-corrected chi connectivity index (χ3v) is 3.92. The minimum absolute atomic E-state index is 0.800. The van der Waals surface area contributed by atoms with Crippen molar-refractivity contribution in [3.63, 3.8) is 0 Å². The molecular formula is C14H9ClS. The van der Waals surface area contributed by atoms with Crippen LogP contribution in [0.5, 0.6) is 0 Å². The normalized spacial score (nSPS) is 10.8.